The van der Waals surface area contributed by atoms with Crippen molar-refractivity contribution in [3.63, 3.8) is 0 Å². The Kier molecular flexibility index (Phi) is 5.24. The van der Waals surface area contributed by atoms with Crippen LogP contribution in [0.2, 0.25) is 0 Å². The first kappa shape index (κ1) is 19.8. The van der Waals surface area contributed by atoms with Gasteiger partial charge >= 0.3 is 0 Å². The molecule has 3 heterocycles. The number of amides is 1. The van der Waals surface area contributed by atoms with Crippen LogP contribution < -0.4 is 0 Å². The van der Waals surface area contributed by atoms with Crippen LogP contribution in [0.15, 0.2) is 54.9 Å². The molecule has 2 aromatic heterocycles. The first-order valence-electron chi connectivity index (χ1n) is 10.7. The lowest BCUT2D eigenvalue weighted by atomic mass is 9.94. The normalized spacial score (nSPS) is 18.4. The number of aliphatic hydroxyl groups is 1. The van der Waals surface area contributed by atoms with Gasteiger partial charge in [-0.25, -0.2) is 9.37 Å². The van der Waals surface area contributed by atoms with Crippen molar-refractivity contribution in [1.82, 2.24) is 14.9 Å². The summed E-state index contributed by atoms with van der Waals surface area (Å²) in [7, 11) is 0. The summed E-state index contributed by atoms with van der Waals surface area (Å²) < 4.78 is 13.1. The fraction of sp³-hybridized carbons (Fsp3) is 0.320. The Morgan fingerprint density at radius 2 is 1.90 bits per heavy atom. The Bertz CT molecular complexity index is 1110. The van der Waals surface area contributed by atoms with Gasteiger partial charge in [-0.05, 0) is 60.1 Å². The van der Waals surface area contributed by atoms with E-state index in [1.807, 2.05) is 18.3 Å². The number of aliphatic hydroxyl groups excluding tert-OH is 1. The Hall–Kier alpha value is -3.12. The van der Waals surface area contributed by atoms with Gasteiger partial charge in [-0.1, -0.05) is 24.3 Å². The van der Waals surface area contributed by atoms with Crippen LogP contribution >= 0.6 is 0 Å². The molecule has 0 spiro atoms. The van der Waals surface area contributed by atoms with E-state index in [-0.39, 0.29) is 24.1 Å². The minimum Gasteiger partial charge on any atom is -0.392 e. The second-order valence-electron chi connectivity index (χ2n) is 8.39. The lowest BCUT2D eigenvalue weighted by molar-refractivity contribution is 0.0784. The second-order valence-corrected chi connectivity index (χ2v) is 8.39. The molecule has 1 amide bonds. The van der Waals surface area contributed by atoms with Crippen LogP contribution in [0.3, 0.4) is 0 Å². The molecule has 31 heavy (non-hydrogen) atoms. The summed E-state index contributed by atoms with van der Waals surface area (Å²) in [4.78, 5) is 23.1. The molecule has 0 radical (unpaired) electrons. The molecule has 5 nitrogen and oxygen atoms in total. The highest BCUT2D eigenvalue weighted by Crippen LogP contribution is 2.44. The van der Waals surface area contributed by atoms with Crippen molar-refractivity contribution in [1.29, 1.82) is 0 Å². The largest absolute Gasteiger partial charge is 0.392 e. The predicted octanol–water partition coefficient (Wildman–Crippen LogP) is 4.28. The summed E-state index contributed by atoms with van der Waals surface area (Å²) in [5.74, 6) is 0.0150. The maximum absolute atomic E-state index is 13.1. The Labute approximate surface area is 180 Å². The Morgan fingerprint density at radius 3 is 2.65 bits per heavy atom. The fourth-order valence-corrected chi connectivity index (χ4v) is 4.50. The van der Waals surface area contributed by atoms with E-state index in [0.717, 1.165) is 29.4 Å². The number of likely N-dealkylation sites (tertiary alicyclic amines) is 1. The van der Waals surface area contributed by atoms with Gasteiger partial charge in [-0.15, -0.1) is 0 Å². The van der Waals surface area contributed by atoms with Crippen LogP contribution in [-0.4, -0.2) is 39.0 Å². The van der Waals surface area contributed by atoms with Crippen molar-refractivity contribution in [3.05, 3.63) is 83.2 Å². The zero-order valence-corrected chi connectivity index (χ0v) is 17.2. The number of aromatic nitrogens is 2. The van der Waals surface area contributed by atoms with Crippen molar-refractivity contribution in [3.8, 4) is 11.1 Å². The number of pyridine rings is 2. The molecule has 2 fully saturated rings. The van der Waals surface area contributed by atoms with E-state index in [4.69, 9.17) is 4.98 Å². The third-order valence-electron chi connectivity index (χ3n) is 6.27. The smallest absolute Gasteiger partial charge is 0.272 e. The SMILES string of the molecule is O=C(c1ccc(F)cn1)N1CCC(c2ncc(-c3ccccc3C3CC3)cc2CO)C1. The van der Waals surface area contributed by atoms with Gasteiger partial charge < -0.3 is 10.0 Å². The van der Waals surface area contributed by atoms with Crippen molar-refractivity contribution >= 4 is 5.91 Å². The van der Waals surface area contributed by atoms with Gasteiger partial charge in [0.2, 0.25) is 0 Å². The lowest BCUT2D eigenvalue weighted by Gasteiger charge is -2.18. The van der Waals surface area contributed by atoms with Crippen LogP contribution in [0.5, 0.6) is 0 Å². The van der Waals surface area contributed by atoms with Crippen LogP contribution in [0, 0.1) is 5.82 Å². The minimum absolute atomic E-state index is 0.0549. The third-order valence-corrected chi connectivity index (χ3v) is 6.27. The maximum Gasteiger partial charge on any atom is 0.272 e. The van der Waals surface area contributed by atoms with E-state index >= 15 is 0 Å². The lowest BCUT2D eigenvalue weighted by Crippen LogP contribution is -2.29. The molecule has 6 heteroatoms. The van der Waals surface area contributed by atoms with Gasteiger partial charge in [0.05, 0.1) is 18.5 Å². The topological polar surface area (TPSA) is 66.3 Å². The number of hydrogen-bond donors (Lipinski definition) is 1. The molecule has 5 rings (SSSR count). The van der Waals surface area contributed by atoms with Gasteiger partial charge in [-0.2, -0.15) is 0 Å². The summed E-state index contributed by atoms with van der Waals surface area (Å²) in [6, 6.07) is 13.1. The van der Waals surface area contributed by atoms with Gasteiger partial charge in [0.1, 0.15) is 11.5 Å². The summed E-state index contributed by atoms with van der Waals surface area (Å²) in [6.07, 6.45) is 6.17. The van der Waals surface area contributed by atoms with E-state index in [1.54, 1.807) is 4.90 Å². The number of hydrogen-bond acceptors (Lipinski definition) is 4. The molecule has 0 bridgehead atoms. The maximum atomic E-state index is 13.1. The Balaban J connectivity index is 1.37. The second kappa shape index (κ2) is 8.19. The van der Waals surface area contributed by atoms with Crippen molar-refractivity contribution < 1.29 is 14.3 Å². The first-order chi connectivity index (χ1) is 15.1. The van der Waals surface area contributed by atoms with Crippen LogP contribution in [0.1, 0.15) is 58.4 Å². The van der Waals surface area contributed by atoms with E-state index in [9.17, 15) is 14.3 Å². The number of carbonyl (C=O) groups is 1. The van der Waals surface area contributed by atoms with Gasteiger partial charge in [0.25, 0.3) is 5.91 Å². The monoisotopic (exact) mass is 417 g/mol. The minimum atomic E-state index is -0.462. The molecule has 1 N–H and O–H groups in total. The standard InChI is InChI=1S/C25H24FN3O2/c26-20-7-8-23(27-13-20)25(31)29-10-9-17(14-29)24-19(15-30)11-18(12-28-24)22-4-2-1-3-21(22)16-5-6-16/h1-4,7-8,11-13,16-17,30H,5-6,9-10,14-15H2. The highest BCUT2D eigenvalue weighted by Gasteiger charge is 2.31. The molecule has 158 valence electrons. The molecule has 3 aromatic rings. The summed E-state index contributed by atoms with van der Waals surface area (Å²) in [5.41, 5.74) is 5.45. The highest BCUT2D eigenvalue weighted by molar-refractivity contribution is 5.92. The molecule has 1 unspecified atom stereocenters. The molecular weight excluding hydrogens is 393 g/mol. The molecule has 1 atom stereocenters. The number of nitrogens with zero attached hydrogens (tertiary/aromatic N) is 3. The van der Waals surface area contributed by atoms with E-state index in [2.05, 4.69) is 23.2 Å². The predicted molar refractivity (Wildman–Crippen MR) is 115 cm³/mol. The Morgan fingerprint density at radius 1 is 1.06 bits per heavy atom. The molecule has 1 aliphatic heterocycles. The molecule has 1 aromatic carbocycles. The number of halogens is 1. The van der Waals surface area contributed by atoms with Crippen LogP contribution in [-0.2, 0) is 6.61 Å². The van der Waals surface area contributed by atoms with Crippen LogP contribution in [0.4, 0.5) is 4.39 Å². The van der Waals surface area contributed by atoms with Crippen molar-refractivity contribution in [2.24, 2.45) is 0 Å². The zero-order valence-electron chi connectivity index (χ0n) is 17.2. The van der Waals surface area contributed by atoms with Gasteiger partial charge in [0.15, 0.2) is 0 Å². The van der Waals surface area contributed by atoms with Gasteiger partial charge in [-0.3, -0.25) is 9.78 Å². The zero-order chi connectivity index (χ0) is 21.4. The van der Waals surface area contributed by atoms with E-state index < -0.39 is 5.82 Å². The number of benzene rings is 1. The van der Waals surface area contributed by atoms with E-state index in [1.165, 1.54) is 36.1 Å². The average molecular weight is 417 g/mol. The average Bonchev–Trinajstić information content (AvgIpc) is 3.55. The molecule has 1 saturated carbocycles. The third kappa shape index (κ3) is 3.95. The molecule has 1 aliphatic carbocycles. The summed E-state index contributed by atoms with van der Waals surface area (Å²) in [5, 5.41) is 10.1. The number of rotatable bonds is 5. The molecule has 2 aliphatic rings. The van der Waals surface area contributed by atoms with Gasteiger partial charge in [0, 0.05) is 30.8 Å². The first-order valence-corrected chi connectivity index (χ1v) is 10.7. The molecular formula is C25H24FN3O2. The summed E-state index contributed by atoms with van der Waals surface area (Å²) >= 11 is 0. The quantitative estimate of drug-likeness (QED) is 0.673. The van der Waals surface area contributed by atoms with Crippen LogP contribution in [0.25, 0.3) is 11.1 Å². The molecule has 1 saturated heterocycles. The van der Waals surface area contributed by atoms with E-state index in [0.29, 0.717) is 19.0 Å². The van der Waals surface area contributed by atoms with Crippen molar-refractivity contribution in [2.75, 3.05) is 13.1 Å². The van der Waals surface area contributed by atoms with Crippen molar-refractivity contribution in [2.45, 2.75) is 37.7 Å². The summed E-state index contributed by atoms with van der Waals surface area (Å²) in [6.45, 7) is 1.00. The fourth-order valence-electron chi connectivity index (χ4n) is 4.50. The number of carbonyl (C=O) groups excluding carboxylic acids is 1. The highest BCUT2D eigenvalue weighted by atomic mass is 19.1.